The maximum atomic E-state index is 12.4. The largest absolute Gasteiger partial charge is 0.433 e. The molecule has 1 atom stereocenters. The Morgan fingerprint density at radius 3 is 2.59 bits per heavy atom. The number of primary sulfonamides is 1. The van der Waals surface area contributed by atoms with Crippen molar-refractivity contribution in [1.29, 1.82) is 0 Å². The second-order valence-corrected chi connectivity index (χ2v) is 6.71. The molecule has 2 heterocycles. The van der Waals surface area contributed by atoms with Crippen LogP contribution in [0.4, 0.5) is 13.2 Å². The zero-order valence-electron chi connectivity index (χ0n) is 11.4. The Bertz CT molecular complexity index is 658. The van der Waals surface area contributed by atoms with Crippen molar-refractivity contribution in [3.8, 4) is 0 Å². The van der Waals surface area contributed by atoms with Crippen LogP contribution in [0.15, 0.2) is 18.3 Å². The number of sulfonamides is 1. The number of amides is 1. The Morgan fingerprint density at radius 2 is 2.09 bits per heavy atom. The van der Waals surface area contributed by atoms with E-state index in [0.29, 0.717) is 19.4 Å². The Hall–Kier alpha value is -1.68. The number of nitrogens with two attached hydrogens (primary N) is 1. The summed E-state index contributed by atoms with van der Waals surface area (Å²) in [5, 5.41) is 4.98. The summed E-state index contributed by atoms with van der Waals surface area (Å²) in [7, 11) is -3.74. The van der Waals surface area contributed by atoms with E-state index in [9.17, 15) is 26.4 Å². The molecule has 6 nitrogen and oxygen atoms in total. The highest BCUT2D eigenvalue weighted by Crippen LogP contribution is 2.28. The fourth-order valence-electron chi connectivity index (χ4n) is 2.40. The number of halogens is 3. The van der Waals surface area contributed by atoms with Gasteiger partial charge in [0, 0.05) is 18.8 Å². The number of hydrogen-bond donors (Lipinski definition) is 1. The van der Waals surface area contributed by atoms with Crippen LogP contribution >= 0.6 is 0 Å². The Kier molecular flexibility index (Phi) is 4.43. The molecular weight excluding hydrogens is 323 g/mol. The summed E-state index contributed by atoms with van der Waals surface area (Å²) >= 11 is 0. The monoisotopic (exact) mass is 337 g/mol. The average Bonchev–Trinajstić information content (AvgIpc) is 2.83. The molecule has 1 aromatic rings. The van der Waals surface area contributed by atoms with Gasteiger partial charge in [-0.3, -0.25) is 9.78 Å². The predicted molar refractivity (Wildman–Crippen MR) is 71.3 cm³/mol. The molecule has 0 saturated carbocycles. The topological polar surface area (TPSA) is 93.4 Å². The van der Waals surface area contributed by atoms with Crippen molar-refractivity contribution >= 4 is 15.9 Å². The highest BCUT2D eigenvalue weighted by atomic mass is 32.2. The van der Waals surface area contributed by atoms with Crippen molar-refractivity contribution in [3.05, 3.63) is 29.6 Å². The Balaban J connectivity index is 2.17. The van der Waals surface area contributed by atoms with Crippen LogP contribution in [0, 0.1) is 0 Å². The van der Waals surface area contributed by atoms with Crippen molar-refractivity contribution in [1.82, 2.24) is 9.88 Å². The van der Waals surface area contributed by atoms with Crippen molar-refractivity contribution in [2.75, 3.05) is 12.3 Å². The predicted octanol–water partition coefficient (Wildman–Crippen LogP) is 0.994. The molecule has 0 bridgehead atoms. The summed E-state index contributed by atoms with van der Waals surface area (Å²) in [6.07, 6.45) is -2.64. The van der Waals surface area contributed by atoms with Crippen LogP contribution in [0.3, 0.4) is 0 Å². The van der Waals surface area contributed by atoms with Crippen LogP contribution in [0.5, 0.6) is 0 Å². The molecule has 1 fully saturated rings. The quantitative estimate of drug-likeness (QED) is 0.890. The molecule has 1 aliphatic rings. The number of hydrogen-bond acceptors (Lipinski definition) is 4. The lowest BCUT2D eigenvalue weighted by Crippen LogP contribution is -2.41. The van der Waals surface area contributed by atoms with E-state index in [1.54, 1.807) is 0 Å². The van der Waals surface area contributed by atoms with Gasteiger partial charge in [-0.2, -0.15) is 13.2 Å². The van der Waals surface area contributed by atoms with Gasteiger partial charge in [0.05, 0.1) is 11.3 Å². The van der Waals surface area contributed by atoms with Gasteiger partial charge < -0.3 is 4.90 Å². The van der Waals surface area contributed by atoms with Crippen molar-refractivity contribution in [2.24, 2.45) is 5.14 Å². The average molecular weight is 337 g/mol. The standard InChI is InChI=1S/C12H14F3N3O3S/c13-12(14,15)10-4-3-8(6-17-10)11(19)18-5-1-2-9(18)7-22(16,20)21/h3-4,6,9H,1-2,5,7H2,(H2,16,20,21). The van der Waals surface area contributed by atoms with Crippen molar-refractivity contribution in [2.45, 2.75) is 25.1 Å². The maximum Gasteiger partial charge on any atom is 0.433 e. The normalized spacial score (nSPS) is 19.5. The first-order valence-corrected chi connectivity index (χ1v) is 8.14. The third-order valence-electron chi connectivity index (χ3n) is 3.36. The first kappa shape index (κ1) is 16.7. The van der Waals surface area contributed by atoms with Gasteiger partial charge >= 0.3 is 6.18 Å². The number of alkyl halides is 3. The minimum atomic E-state index is -4.58. The summed E-state index contributed by atoms with van der Waals surface area (Å²) < 4.78 is 59.6. The van der Waals surface area contributed by atoms with Crippen molar-refractivity contribution < 1.29 is 26.4 Å². The zero-order valence-corrected chi connectivity index (χ0v) is 12.2. The molecule has 122 valence electrons. The van der Waals surface area contributed by atoms with Crippen LogP contribution < -0.4 is 5.14 Å². The van der Waals surface area contributed by atoms with Gasteiger partial charge in [-0.25, -0.2) is 13.6 Å². The van der Waals surface area contributed by atoms with Gasteiger partial charge in [-0.15, -0.1) is 0 Å². The number of aromatic nitrogens is 1. The van der Waals surface area contributed by atoms with E-state index in [4.69, 9.17) is 5.14 Å². The second-order valence-electron chi connectivity index (χ2n) is 5.05. The molecule has 1 unspecified atom stereocenters. The fourth-order valence-corrected chi connectivity index (χ4v) is 3.28. The Labute approximate surface area is 125 Å². The van der Waals surface area contributed by atoms with Crippen LogP contribution in [0.2, 0.25) is 0 Å². The molecule has 0 spiro atoms. The zero-order chi connectivity index (χ0) is 16.5. The molecule has 0 aromatic carbocycles. The third kappa shape index (κ3) is 3.95. The molecule has 2 rings (SSSR count). The lowest BCUT2D eigenvalue weighted by Gasteiger charge is -2.24. The highest BCUT2D eigenvalue weighted by molar-refractivity contribution is 7.89. The van der Waals surface area contributed by atoms with E-state index in [1.165, 1.54) is 4.90 Å². The van der Waals surface area contributed by atoms with Crippen LogP contribution in [0.25, 0.3) is 0 Å². The number of likely N-dealkylation sites (tertiary alicyclic amines) is 1. The molecule has 0 radical (unpaired) electrons. The second kappa shape index (κ2) is 5.84. The molecule has 2 N–H and O–H groups in total. The van der Waals surface area contributed by atoms with E-state index >= 15 is 0 Å². The summed E-state index contributed by atoms with van der Waals surface area (Å²) in [6, 6.07) is 1.19. The molecule has 1 aromatic heterocycles. The molecule has 0 aliphatic carbocycles. The number of pyridine rings is 1. The lowest BCUT2D eigenvalue weighted by molar-refractivity contribution is -0.141. The van der Waals surface area contributed by atoms with Crippen molar-refractivity contribution in [3.63, 3.8) is 0 Å². The number of carbonyl (C=O) groups is 1. The van der Waals surface area contributed by atoms with Gasteiger partial charge in [0.1, 0.15) is 5.69 Å². The number of nitrogens with zero attached hydrogens (tertiary/aromatic N) is 2. The first-order chi connectivity index (χ1) is 10.1. The van der Waals surface area contributed by atoms with E-state index in [1.807, 2.05) is 0 Å². The van der Waals surface area contributed by atoms with E-state index in [-0.39, 0.29) is 11.3 Å². The highest BCUT2D eigenvalue weighted by Gasteiger charge is 2.34. The summed E-state index contributed by atoms with van der Waals surface area (Å²) in [5.74, 6) is -0.917. The number of carbonyl (C=O) groups excluding carboxylic acids is 1. The molecule has 1 aliphatic heterocycles. The number of rotatable bonds is 3. The summed E-state index contributed by atoms with van der Waals surface area (Å²) in [6.45, 7) is 0.333. The van der Waals surface area contributed by atoms with Gasteiger partial charge in [-0.05, 0) is 25.0 Å². The smallest absolute Gasteiger partial charge is 0.335 e. The summed E-state index contributed by atoms with van der Waals surface area (Å²) in [4.78, 5) is 16.8. The van der Waals surface area contributed by atoms with Gasteiger partial charge in [0.2, 0.25) is 10.0 Å². The van der Waals surface area contributed by atoms with Crippen LogP contribution in [-0.2, 0) is 16.2 Å². The van der Waals surface area contributed by atoms with E-state index in [0.717, 1.165) is 18.3 Å². The van der Waals surface area contributed by atoms with E-state index in [2.05, 4.69) is 4.98 Å². The summed E-state index contributed by atoms with van der Waals surface area (Å²) in [5.41, 5.74) is -1.11. The van der Waals surface area contributed by atoms with Crippen LogP contribution in [0.1, 0.15) is 28.9 Å². The minimum Gasteiger partial charge on any atom is -0.335 e. The lowest BCUT2D eigenvalue weighted by atomic mass is 10.2. The van der Waals surface area contributed by atoms with Gasteiger partial charge in [0.25, 0.3) is 5.91 Å². The first-order valence-electron chi connectivity index (χ1n) is 6.42. The molecule has 1 amide bonds. The molecular formula is C12H14F3N3O3S. The maximum absolute atomic E-state index is 12.4. The van der Waals surface area contributed by atoms with Gasteiger partial charge in [0.15, 0.2) is 0 Å². The molecule has 22 heavy (non-hydrogen) atoms. The molecule has 10 heteroatoms. The Morgan fingerprint density at radius 1 is 1.41 bits per heavy atom. The fraction of sp³-hybridized carbons (Fsp3) is 0.500. The SMILES string of the molecule is NS(=O)(=O)CC1CCCN1C(=O)c1ccc(C(F)(F)F)nc1. The van der Waals surface area contributed by atoms with E-state index < -0.39 is 33.8 Å². The van der Waals surface area contributed by atoms with Gasteiger partial charge in [-0.1, -0.05) is 0 Å². The third-order valence-corrected chi connectivity index (χ3v) is 4.21. The molecule has 1 saturated heterocycles. The van der Waals surface area contributed by atoms with Crippen LogP contribution in [-0.4, -0.2) is 42.5 Å². The minimum absolute atomic E-state index is 0.0191.